The number of esters is 1. The van der Waals surface area contributed by atoms with Gasteiger partial charge in [0.2, 0.25) is 0 Å². The van der Waals surface area contributed by atoms with Crippen LogP contribution in [0.1, 0.15) is 27.6 Å². The molecule has 0 saturated heterocycles. The predicted octanol–water partition coefficient (Wildman–Crippen LogP) is -0.503. The van der Waals surface area contributed by atoms with Crippen LogP contribution in [0.25, 0.3) is 0 Å². The number of benzene rings is 1. The Bertz CT molecular complexity index is 499. The molecule has 1 aromatic rings. The molecule has 0 aromatic heterocycles. The van der Waals surface area contributed by atoms with Crippen molar-refractivity contribution in [2.45, 2.75) is 18.8 Å². The molecule has 1 amide bonds. The van der Waals surface area contributed by atoms with E-state index in [9.17, 15) is 19.8 Å². The molecule has 0 aliphatic carbocycles. The Balaban J connectivity index is 2.35. The molecule has 6 nitrogen and oxygen atoms in total. The van der Waals surface area contributed by atoms with Crippen LogP contribution in [0.15, 0.2) is 18.2 Å². The molecule has 18 heavy (non-hydrogen) atoms. The second-order valence-corrected chi connectivity index (χ2v) is 3.97. The minimum atomic E-state index is -1.67. The Kier molecular flexibility index (Phi) is 3.31. The maximum atomic E-state index is 11.5. The van der Waals surface area contributed by atoms with E-state index in [0.29, 0.717) is 16.7 Å². The Hall–Kier alpha value is -1.92. The normalized spacial score (nSPS) is 16.7. The zero-order valence-electron chi connectivity index (χ0n) is 9.71. The van der Waals surface area contributed by atoms with E-state index < -0.39 is 18.2 Å². The van der Waals surface area contributed by atoms with Gasteiger partial charge in [-0.05, 0) is 17.2 Å². The van der Waals surface area contributed by atoms with Crippen molar-refractivity contribution in [1.82, 2.24) is 5.32 Å². The van der Waals surface area contributed by atoms with Crippen molar-refractivity contribution in [3.63, 3.8) is 0 Å². The number of amides is 1. The second kappa shape index (κ2) is 4.75. The van der Waals surface area contributed by atoms with Crippen LogP contribution in [0.5, 0.6) is 0 Å². The molecule has 0 saturated carbocycles. The highest BCUT2D eigenvalue weighted by Gasteiger charge is 2.31. The SMILES string of the molecule is COC(=O)C(O)C(O)c1cccc2c1CNC2=O. The van der Waals surface area contributed by atoms with E-state index in [-0.39, 0.29) is 12.5 Å². The predicted molar refractivity (Wildman–Crippen MR) is 60.6 cm³/mol. The summed E-state index contributed by atoms with van der Waals surface area (Å²) in [4.78, 5) is 22.6. The van der Waals surface area contributed by atoms with Gasteiger partial charge in [-0.15, -0.1) is 0 Å². The largest absolute Gasteiger partial charge is 0.467 e. The highest BCUT2D eigenvalue weighted by molar-refractivity contribution is 5.98. The highest BCUT2D eigenvalue weighted by Crippen LogP contribution is 2.27. The molecular formula is C12H13NO5. The lowest BCUT2D eigenvalue weighted by Gasteiger charge is -2.18. The van der Waals surface area contributed by atoms with Crippen molar-refractivity contribution in [3.8, 4) is 0 Å². The smallest absolute Gasteiger partial charge is 0.337 e. The quantitative estimate of drug-likeness (QED) is 0.629. The molecule has 0 bridgehead atoms. The number of hydrogen-bond acceptors (Lipinski definition) is 5. The van der Waals surface area contributed by atoms with Gasteiger partial charge >= 0.3 is 5.97 Å². The van der Waals surface area contributed by atoms with Crippen LogP contribution in [0, 0.1) is 0 Å². The van der Waals surface area contributed by atoms with Crippen molar-refractivity contribution in [3.05, 3.63) is 34.9 Å². The van der Waals surface area contributed by atoms with Crippen LogP contribution >= 0.6 is 0 Å². The third-order valence-electron chi connectivity index (χ3n) is 2.94. The lowest BCUT2D eigenvalue weighted by atomic mass is 9.96. The summed E-state index contributed by atoms with van der Waals surface area (Å²) in [6, 6.07) is 4.78. The number of carbonyl (C=O) groups is 2. The van der Waals surface area contributed by atoms with Gasteiger partial charge in [0, 0.05) is 12.1 Å². The van der Waals surface area contributed by atoms with E-state index in [1.165, 1.54) is 0 Å². The van der Waals surface area contributed by atoms with Gasteiger partial charge in [-0.2, -0.15) is 0 Å². The van der Waals surface area contributed by atoms with Crippen LogP contribution in [0.4, 0.5) is 0 Å². The molecule has 2 atom stereocenters. The van der Waals surface area contributed by atoms with Gasteiger partial charge in [0.15, 0.2) is 6.10 Å². The van der Waals surface area contributed by atoms with Gasteiger partial charge in [0.25, 0.3) is 5.91 Å². The van der Waals surface area contributed by atoms with Crippen LogP contribution in [-0.2, 0) is 16.1 Å². The number of ether oxygens (including phenoxy) is 1. The Morgan fingerprint density at radius 3 is 2.83 bits per heavy atom. The van der Waals surface area contributed by atoms with Crippen molar-refractivity contribution in [1.29, 1.82) is 0 Å². The zero-order valence-corrected chi connectivity index (χ0v) is 9.71. The number of nitrogens with one attached hydrogen (secondary N) is 1. The fourth-order valence-electron chi connectivity index (χ4n) is 1.98. The summed E-state index contributed by atoms with van der Waals surface area (Å²) in [5, 5.41) is 22.2. The van der Waals surface area contributed by atoms with Crippen molar-refractivity contribution in [2.24, 2.45) is 0 Å². The average molecular weight is 251 g/mol. The molecule has 1 heterocycles. The summed E-state index contributed by atoms with van der Waals surface area (Å²) in [6.45, 7) is 0.273. The van der Waals surface area contributed by atoms with Crippen LogP contribution in [0.3, 0.4) is 0 Å². The summed E-state index contributed by atoms with van der Waals surface area (Å²) >= 11 is 0. The van der Waals surface area contributed by atoms with Gasteiger partial charge in [-0.3, -0.25) is 4.79 Å². The van der Waals surface area contributed by atoms with Gasteiger partial charge in [-0.1, -0.05) is 12.1 Å². The molecule has 2 unspecified atom stereocenters. The molecule has 1 aromatic carbocycles. The standard InChI is InChI=1S/C12H13NO5/c1-18-12(17)10(15)9(14)6-3-2-4-7-8(6)5-13-11(7)16/h2-4,9-10,14-15H,5H2,1H3,(H,13,16). The lowest BCUT2D eigenvalue weighted by molar-refractivity contribution is -0.156. The monoisotopic (exact) mass is 251 g/mol. The number of carbonyl (C=O) groups excluding carboxylic acids is 2. The van der Waals surface area contributed by atoms with E-state index in [4.69, 9.17) is 0 Å². The summed E-state index contributed by atoms with van der Waals surface area (Å²) < 4.78 is 4.36. The molecule has 0 fully saturated rings. The molecule has 3 N–H and O–H groups in total. The van der Waals surface area contributed by atoms with E-state index in [1.54, 1.807) is 18.2 Å². The number of aliphatic hydroxyl groups is 2. The first-order valence-electron chi connectivity index (χ1n) is 5.40. The third-order valence-corrected chi connectivity index (χ3v) is 2.94. The van der Waals surface area contributed by atoms with Crippen molar-refractivity contribution in [2.75, 3.05) is 7.11 Å². The minimum Gasteiger partial charge on any atom is -0.467 e. The summed E-state index contributed by atoms with van der Waals surface area (Å²) in [6.07, 6.45) is -3.09. The molecule has 96 valence electrons. The highest BCUT2D eigenvalue weighted by atomic mass is 16.5. The molecule has 0 spiro atoms. The number of rotatable bonds is 3. The van der Waals surface area contributed by atoms with Crippen molar-refractivity contribution >= 4 is 11.9 Å². The molecular weight excluding hydrogens is 238 g/mol. The molecule has 1 aliphatic heterocycles. The van der Waals surface area contributed by atoms with Crippen LogP contribution in [-0.4, -0.2) is 35.3 Å². The Labute approximate surface area is 103 Å². The third kappa shape index (κ3) is 1.96. The van der Waals surface area contributed by atoms with Crippen molar-refractivity contribution < 1.29 is 24.5 Å². The molecule has 2 rings (SSSR count). The first-order chi connectivity index (χ1) is 8.56. The minimum absolute atomic E-state index is 0.230. The van der Waals surface area contributed by atoms with E-state index in [1.807, 2.05) is 0 Å². The van der Waals surface area contributed by atoms with E-state index >= 15 is 0 Å². The van der Waals surface area contributed by atoms with E-state index in [2.05, 4.69) is 10.1 Å². The Morgan fingerprint density at radius 2 is 2.17 bits per heavy atom. The van der Waals surface area contributed by atoms with Crippen LogP contribution < -0.4 is 5.32 Å². The summed E-state index contributed by atoms with van der Waals surface area (Å²) in [7, 11) is 1.12. The first kappa shape index (κ1) is 12.5. The van der Waals surface area contributed by atoms with Gasteiger partial charge in [0.05, 0.1) is 7.11 Å². The second-order valence-electron chi connectivity index (χ2n) is 3.97. The fraction of sp³-hybridized carbons (Fsp3) is 0.333. The molecule has 1 aliphatic rings. The summed E-state index contributed by atoms with van der Waals surface area (Å²) in [5.41, 5.74) is 1.39. The molecule has 0 radical (unpaired) electrons. The van der Waals surface area contributed by atoms with E-state index in [0.717, 1.165) is 7.11 Å². The van der Waals surface area contributed by atoms with Gasteiger partial charge < -0.3 is 20.3 Å². The topological polar surface area (TPSA) is 95.9 Å². The molecule has 6 heteroatoms. The Morgan fingerprint density at radius 1 is 1.44 bits per heavy atom. The van der Waals surface area contributed by atoms with Gasteiger partial charge in [-0.25, -0.2) is 4.79 Å². The number of fused-ring (bicyclic) bond motifs is 1. The maximum Gasteiger partial charge on any atom is 0.337 e. The lowest BCUT2D eigenvalue weighted by Crippen LogP contribution is -2.29. The number of aliphatic hydroxyl groups excluding tert-OH is 2. The average Bonchev–Trinajstić information content (AvgIpc) is 2.78. The summed E-state index contributed by atoms with van der Waals surface area (Å²) in [5.74, 6) is -1.15. The number of hydrogen-bond donors (Lipinski definition) is 3. The van der Waals surface area contributed by atoms with Crippen LogP contribution in [0.2, 0.25) is 0 Å². The first-order valence-corrected chi connectivity index (χ1v) is 5.40. The zero-order chi connectivity index (χ0) is 13.3. The number of methoxy groups -OCH3 is 1. The maximum absolute atomic E-state index is 11.5. The fourth-order valence-corrected chi connectivity index (χ4v) is 1.98. The van der Waals surface area contributed by atoms with Gasteiger partial charge in [0.1, 0.15) is 6.10 Å².